The molecule has 1 aliphatic rings. The first-order valence-corrected chi connectivity index (χ1v) is 11.4. The summed E-state index contributed by atoms with van der Waals surface area (Å²) >= 11 is 7.85. The number of benzene rings is 3. The fourth-order valence-electron chi connectivity index (χ4n) is 3.34. The van der Waals surface area contributed by atoms with E-state index in [0.29, 0.717) is 10.8 Å². The van der Waals surface area contributed by atoms with Gasteiger partial charge in [-0.05, 0) is 55.0 Å². The molecule has 1 fully saturated rings. The fourth-order valence-corrected chi connectivity index (χ4v) is 4.59. The van der Waals surface area contributed by atoms with Gasteiger partial charge in [0, 0.05) is 26.9 Å². The van der Waals surface area contributed by atoms with E-state index in [4.69, 9.17) is 11.6 Å². The maximum atomic E-state index is 12.5. The lowest BCUT2D eigenvalue weighted by atomic mass is 10.1. The normalized spacial score (nSPS) is 14.3. The average Bonchev–Trinajstić information content (AvgIpc) is 3.58. The molecule has 0 aliphatic heterocycles. The van der Waals surface area contributed by atoms with E-state index in [9.17, 15) is 9.59 Å². The zero-order valence-electron chi connectivity index (χ0n) is 16.7. The van der Waals surface area contributed by atoms with E-state index in [1.54, 1.807) is 0 Å². The number of amides is 2. The van der Waals surface area contributed by atoms with E-state index in [0.717, 1.165) is 39.8 Å². The molecule has 30 heavy (non-hydrogen) atoms. The van der Waals surface area contributed by atoms with Crippen LogP contribution in [0.15, 0.2) is 65.6 Å². The fraction of sp³-hybridized carbons (Fsp3) is 0.250. The highest BCUT2D eigenvalue weighted by Crippen LogP contribution is 2.33. The van der Waals surface area contributed by atoms with Crippen LogP contribution in [0.5, 0.6) is 0 Å². The van der Waals surface area contributed by atoms with E-state index in [2.05, 4.69) is 10.6 Å². The lowest BCUT2D eigenvalue weighted by molar-refractivity contribution is -0.119. The third-order valence-corrected chi connectivity index (χ3v) is 6.55. The number of fused-ring (bicyclic) bond motifs is 1. The number of halogens is 1. The molecule has 4 nitrogen and oxygen atoms in total. The van der Waals surface area contributed by atoms with Crippen LogP contribution in [0.1, 0.15) is 31.4 Å². The highest BCUT2D eigenvalue weighted by atomic mass is 35.5. The Bertz CT molecular complexity index is 1080. The molecule has 1 unspecified atom stereocenters. The van der Waals surface area contributed by atoms with Gasteiger partial charge in [0.15, 0.2) is 0 Å². The number of anilines is 1. The van der Waals surface area contributed by atoms with Gasteiger partial charge in [-0.15, -0.1) is 11.8 Å². The lowest BCUT2D eigenvalue weighted by Gasteiger charge is -2.15. The second-order valence-corrected chi connectivity index (χ2v) is 8.98. The van der Waals surface area contributed by atoms with Gasteiger partial charge in [0.1, 0.15) is 0 Å². The molecule has 3 aromatic rings. The number of carbonyl (C=O) groups excluding carboxylic acids is 2. The molecule has 0 bridgehead atoms. The van der Waals surface area contributed by atoms with Crippen molar-refractivity contribution in [1.29, 1.82) is 0 Å². The van der Waals surface area contributed by atoms with Gasteiger partial charge in [0.05, 0.1) is 11.8 Å². The topological polar surface area (TPSA) is 58.2 Å². The Morgan fingerprint density at radius 1 is 1.07 bits per heavy atom. The van der Waals surface area contributed by atoms with Crippen LogP contribution in [0, 0.1) is 5.92 Å². The van der Waals surface area contributed by atoms with Crippen molar-refractivity contribution in [1.82, 2.24) is 5.32 Å². The number of carbonyl (C=O) groups is 2. The first-order valence-electron chi connectivity index (χ1n) is 10.0. The van der Waals surface area contributed by atoms with Crippen molar-refractivity contribution in [3.63, 3.8) is 0 Å². The highest BCUT2D eigenvalue weighted by molar-refractivity contribution is 8.00. The van der Waals surface area contributed by atoms with Crippen LogP contribution in [-0.4, -0.2) is 17.6 Å². The van der Waals surface area contributed by atoms with E-state index in [1.165, 1.54) is 11.8 Å². The van der Waals surface area contributed by atoms with Gasteiger partial charge in [0.25, 0.3) is 0 Å². The summed E-state index contributed by atoms with van der Waals surface area (Å²) in [5, 5.41) is 8.71. The maximum absolute atomic E-state index is 12.5. The highest BCUT2D eigenvalue weighted by Gasteiger charge is 2.29. The van der Waals surface area contributed by atoms with Gasteiger partial charge < -0.3 is 10.6 Å². The number of rotatable bonds is 7. The summed E-state index contributed by atoms with van der Waals surface area (Å²) in [5.41, 5.74) is 1.78. The average molecular weight is 439 g/mol. The number of nitrogens with one attached hydrogen (secondary N) is 2. The minimum Gasteiger partial charge on any atom is -0.349 e. The van der Waals surface area contributed by atoms with E-state index >= 15 is 0 Å². The van der Waals surface area contributed by atoms with Crippen LogP contribution in [0.4, 0.5) is 5.69 Å². The molecule has 0 aromatic heterocycles. The molecule has 4 rings (SSSR count). The molecule has 1 saturated carbocycles. The van der Waals surface area contributed by atoms with Crippen LogP contribution in [0.2, 0.25) is 5.02 Å². The van der Waals surface area contributed by atoms with E-state index in [1.807, 2.05) is 67.6 Å². The predicted octanol–water partition coefficient (Wildman–Crippen LogP) is 5.81. The maximum Gasteiger partial charge on any atom is 0.230 e. The third-order valence-electron chi connectivity index (χ3n) is 5.18. The van der Waals surface area contributed by atoms with Crippen molar-refractivity contribution in [3.8, 4) is 0 Å². The SMILES string of the molecule is CC(NC(=O)CSc1cccc2cccc(Cl)c12)c1ccc(NC(=O)C2CC2)cc1. The molecule has 1 aliphatic carbocycles. The zero-order chi connectivity index (χ0) is 21.1. The predicted molar refractivity (Wildman–Crippen MR) is 124 cm³/mol. The smallest absolute Gasteiger partial charge is 0.230 e. The minimum absolute atomic E-state index is 0.0392. The summed E-state index contributed by atoms with van der Waals surface area (Å²) in [6.07, 6.45) is 1.96. The summed E-state index contributed by atoms with van der Waals surface area (Å²) in [6.45, 7) is 1.95. The monoisotopic (exact) mass is 438 g/mol. The molecule has 0 spiro atoms. The quantitative estimate of drug-likeness (QED) is 0.457. The summed E-state index contributed by atoms with van der Waals surface area (Å²) in [7, 11) is 0. The van der Waals surface area contributed by atoms with Gasteiger partial charge in [-0.3, -0.25) is 9.59 Å². The molecule has 2 amide bonds. The summed E-state index contributed by atoms with van der Waals surface area (Å²) in [4.78, 5) is 25.3. The van der Waals surface area contributed by atoms with Gasteiger partial charge in [0.2, 0.25) is 11.8 Å². The molecule has 3 aromatic carbocycles. The van der Waals surface area contributed by atoms with Gasteiger partial charge >= 0.3 is 0 Å². The number of thioether (sulfide) groups is 1. The molecule has 0 heterocycles. The Morgan fingerprint density at radius 2 is 1.77 bits per heavy atom. The molecule has 6 heteroatoms. The first kappa shape index (κ1) is 20.8. The van der Waals surface area contributed by atoms with Crippen LogP contribution in [0.25, 0.3) is 10.8 Å². The van der Waals surface area contributed by atoms with E-state index < -0.39 is 0 Å². The standard InChI is InChI=1S/C24H23ClN2O2S/c1-15(16-10-12-19(13-11-16)27-24(29)18-8-9-18)26-22(28)14-30-21-7-3-5-17-4-2-6-20(25)23(17)21/h2-7,10-13,15,18H,8-9,14H2,1H3,(H,26,28)(H,27,29). The second-order valence-electron chi connectivity index (χ2n) is 7.56. The van der Waals surface area contributed by atoms with E-state index in [-0.39, 0.29) is 23.8 Å². The van der Waals surface area contributed by atoms with Gasteiger partial charge in [-0.2, -0.15) is 0 Å². The van der Waals surface area contributed by atoms with Gasteiger partial charge in [-0.25, -0.2) is 0 Å². The molecular weight excluding hydrogens is 416 g/mol. The van der Waals surface area contributed by atoms with Gasteiger partial charge in [-0.1, -0.05) is 48.0 Å². The molecule has 0 radical (unpaired) electrons. The number of hydrogen-bond acceptors (Lipinski definition) is 3. The largest absolute Gasteiger partial charge is 0.349 e. The summed E-state index contributed by atoms with van der Waals surface area (Å²) in [5.74, 6) is 0.541. The van der Waals surface area contributed by atoms with Crippen molar-refractivity contribution >= 4 is 51.6 Å². The lowest BCUT2D eigenvalue weighted by Crippen LogP contribution is -2.28. The third kappa shape index (κ3) is 4.97. The minimum atomic E-state index is -0.123. The zero-order valence-corrected chi connectivity index (χ0v) is 18.2. The van der Waals surface area contributed by atoms with Crippen molar-refractivity contribution < 1.29 is 9.59 Å². The van der Waals surface area contributed by atoms with Crippen molar-refractivity contribution in [2.24, 2.45) is 5.92 Å². The van der Waals surface area contributed by atoms with Crippen LogP contribution >= 0.6 is 23.4 Å². The number of hydrogen-bond donors (Lipinski definition) is 2. The van der Waals surface area contributed by atoms with Crippen molar-refractivity contribution in [2.75, 3.05) is 11.1 Å². The molecule has 1 atom stereocenters. The van der Waals surface area contributed by atoms with Crippen molar-refractivity contribution in [3.05, 3.63) is 71.2 Å². The molecule has 0 saturated heterocycles. The molecule has 154 valence electrons. The molecule has 2 N–H and O–H groups in total. The Kier molecular flexibility index (Phi) is 6.30. The van der Waals surface area contributed by atoms with Crippen LogP contribution in [-0.2, 0) is 9.59 Å². The summed E-state index contributed by atoms with van der Waals surface area (Å²) < 4.78 is 0. The van der Waals surface area contributed by atoms with Crippen LogP contribution < -0.4 is 10.6 Å². The summed E-state index contributed by atoms with van der Waals surface area (Å²) in [6, 6.07) is 19.3. The first-order chi connectivity index (χ1) is 14.5. The Labute approximate surface area is 185 Å². The molecular formula is C24H23ClN2O2S. The second kappa shape index (κ2) is 9.11. The van der Waals surface area contributed by atoms with Crippen molar-refractivity contribution in [2.45, 2.75) is 30.7 Å². The Balaban J connectivity index is 1.33. The Hall–Kier alpha value is -2.50. The van der Waals surface area contributed by atoms with Crippen LogP contribution in [0.3, 0.4) is 0 Å². The Morgan fingerprint density at radius 3 is 2.47 bits per heavy atom.